The van der Waals surface area contributed by atoms with Crippen molar-refractivity contribution >= 4 is 55.3 Å². The van der Waals surface area contributed by atoms with Gasteiger partial charge in [-0.25, -0.2) is 40.6 Å². The van der Waals surface area contributed by atoms with Crippen LogP contribution in [0.5, 0.6) is 0 Å². The van der Waals surface area contributed by atoms with Gasteiger partial charge in [0.25, 0.3) is 5.56 Å². The van der Waals surface area contributed by atoms with Gasteiger partial charge in [-0.1, -0.05) is 11.6 Å². The van der Waals surface area contributed by atoms with Gasteiger partial charge in [-0.2, -0.15) is 5.10 Å². The molecule has 0 amide bonds. The number of alkyl halides is 2. The summed E-state index contributed by atoms with van der Waals surface area (Å²) >= 11 is 6.52. The largest absolute Gasteiger partial charge is 0.480 e. The van der Waals surface area contributed by atoms with Crippen LogP contribution in [0.25, 0.3) is 27.6 Å². The Kier molecular flexibility index (Phi) is 9.11. The molecular formula is C32H30ClF4N7O5S. The molecule has 0 spiro atoms. The van der Waals surface area contributed by atoms with Gasteiger partial charge in [-0.3, -0.25) is 18.9 Å². The maximum Gasteiger partial charge on any atom is 0.325 e. The molecule has 264 valence electrons. The first kappa shape index (κ1) is 35.2. The molecule has 0 unspecified atom stereocenters. The number of rotatable bonds is 9. The third-order valence-corrected chi connectivity index (χ3v) is 9.44. The van der Waals surface area contributed by atoms with Gasteiger partial charge in [0.05, 0.1) is 39.3 Å². The maximum absolute atomic E-state index is 14.6. The zero-order valence-electron chi connectivity index (χ0n) is 26.6. The van der Waals surface area contributed by atoms with Crippen LogP contribution in [-0.2, 0) is 27.8 Å². The fraction of sp³-hybridized carbons (Fsp3) is 0.344. The Labute approximate surface area is 286 Å². The summed E-state index contributed by atoms with van der Waals surface area (Å²) in [6, 6.07) is 5.95. The number of aryl methyl sites for hydroxylation is 1. The van der Waals surface area contributed by atoms with Gasteiger partial charge in [-0.15, -0.1) is 0 Å². The van der Waals surface area contributed by atoms with Gasteiger partial charge >= 0.3 is 5.97 Å². The summed E-state index contributed by atoms with van der Waals surface area (Å²) in [6.07, 6.45) is 0.325. The molecule has 12 nitrogen and oxygen atoms in total. The summed E-state index contributed by atoms with van der Waals surface area (Å²) in [4.78, 5) is 35.8. The number of carboxylic acids is 1. The highest BCUT2D eigenvalue weighted by atomic mass is 35.5. The Morgan fingerprint density at radius 1 is 1.12 bits per heavy atom. The molecule has 1 aliphatic rings. The number of hydrogen-bond donors (Lipinski definition) is 3. The average Bonchev–Trinajstić information content (AvgIpc) is 3.33. The number of sulfonamides is 1. The second-order valence-corrected chi connectivity index (χ2v) is 14.6. The number of hydrogen-bond acceptors (Lipinski definition) is 8. The van der Waals surface area contributed by atoms with E-state index in [-0.39, 0.29) is 87.9 Å². The van der Waals surface area contributed by atoms with E-state index < -0.39 is 51.7 Å². The quantitative estimate of drug-likeness (QED) is 0.168. The van der Waals surface area contributed by atoms with Gasteiger partial charge in [0.2, 0.25) is 15.9 Å². The molecule has 1 atom stereocenters. The lowest BCUT2D eigenvalue weighted by Crippen LogP contribution is -2.31. The fourth-order valence-electron chi connectivity index (χ4n) is 6.43. The standard InChI is InChI=1S/C32H30ClF4N7O5S/c1-15-9-22(17-5-7-32(36,37)8-6-17)39-28-25(15)31(47)44(30(40-28)21(38)12-16-10-18(34)13-19(35)11-16)23-4-3-20(33)26-27(23)43(14-24(45)46)41-29(26)42-50(2,48)49/h3-4,9-11,13,17,21H,5-8,12,14,38H2,1-2H3,(H,41,42)(H,45,46)/t21-/m0/s1. The van der Waals surface area contributed by atoms with E-state index in [1.165, 1.54) is 12.1 Å². The number of carbonyl (C=O) groups is 1. The van der Waals surface area contributed by atoms with Crippen LogP contribution in [-0.4, -0.2) is 56.0 Å². The van der Waals surface area contributed by atoms with Crippen LogP contribution in [0.3, 0.4) is 0 Å². The van der Waals surface area contributed by atoms with E-state index >= 15 is 0 Å². The number of halogens is 5. The molecule has 0 bridgehead atoms. The molecule has 4 N–H and O–H groups in total. The van der Waals surface area contributed by atoms with E-state index in [0.29, 0.717) is 17.3 Å². The van der Waals surface area contributed by atoms with Crippen LogP contribution < -0.4 is 16.0 Å². The first-order valence-electron chi connectivity index (χ1n) is 15.3. The van der Waals surface area contributed by atoms with Crippen molar-refractivity contribution in [3.8, 4) is 5.69 Å². The van der Waals surface area contributed by atoms with Crippen molar-refractivity contribution < 1.29 is 35.9 Å². The van der Waals surface area contributed by atoms with E-state index in [2.05, 4.69) is 19.8 Å². The molecule has 0 radical (unpaired) electrons. The Morgan fingerprint density at radius 3 is 2.40 bits per heavy atom. The van der Waals surface area contributed by atoms with Crippen LogP contribution in [0.1, 0.15) is 60.3 Å². The third kappa shape index (κ3) is 7.02. The Bertz CT molecular complexity index is 2340. The second kappa shape index (κ2) is 12.9. The number of fused-ring (bicyclic) bond motifs is 2. The van der Waals surface area contributed by atoms with Crippen molar-refractivity contribution in [2.45, 2.75) is 63.5 Å². The molecule has 50 heavy (non-hydrogen) atoms. The molecule has 2 aromatic carbocycles. The van der Waals surface area contributed by atoms with Crippen LogP contribution in [0.15, 0.2) is 41.2 Å². The number of nitrogens with zero attached hydrogens (tertiary/aromatic N) is 5. The fourth-order valence-corrected chi connectivity index (χ4v) is 7.17. The molecule has 3 heterocycles. The van der Waals surface area contributed by atoms with Crippen molar-refractivity contribution in [1.82, 2.24) is 24.3 Å². The molecule has 6 rings (SSSR count). The Morgan fingerprint density at radius 2 is 1.78 bits per heavy atom. The van der Waals surface area contributed by atoms with E-state index in [0.717, 1.165) is 27.6 Å². The Balaban J connectivity index is 1.64. The Hall–Kier alpha value is -4.61. The zero-order chi connectivity index (χ0) is 36.3. The highest BCUT2D eigenvalue weighted by Crippen LogP contribution is 2.41. The number of anilines is 1. The van der Waals surface area contributed by atoms with Crippen molar-refractivity contribution in [3.05, 3.63) is 86.1 Å². The number of aromatic nitrogens is 5. The van der Waals surface area contributed by atoms with E-state index in [1.807, 2.05) is 0 Å². The van der Waals surface area contributed by atoms with E-state index in [4.69, 9.17) is 17.3 Å². The van der Waals surface area contributed by atoms with Gasteiger partial charge in [0, 0.05) is 30.5 Å². The lowest BCUT2D eigenvalue weighted by Gasteiger charge is -2.28. The van der Waals surface area contributed by atoms with E-state index in [1.54, 1.807) is 13.0 Å². The summed E-state index contributed by atoms with van der Waals surface area (Å²) in [5.74, 6) is -6.64. The summed E-state index contributed by atoms with van der Waals surface area (Å²) in [5.41, 5.74) is 6.80. The molecule has 0 saturated heterocycles. The maximum atomic E-state index is 14.6. The first-order chi connectivity index (χ1) is 23.4. The molecule has 1 saturated carbocycles. The average molecular weight is 736 g/mol. The number of aliphatic carboxylic acids is 1. The van der Waals surface area contributed by atoms with E-state index in [9.17, 15) is 40.7 Å². The second-order valence-electron chi connectivity index (χ2n) is 12.5. The van der Waals surface area contributed by atoms with Crippen LogP contribution >= 0.6 is 11.6 Å². The molecule has 0 aliphatic heterocycles. The monoisotopic (exact) mass is 735 g/mol. The molecule has 1 aliphatic carbocycles. The van der Waals surface area contributed by atoms with Crippen LogP contribution in [0.2, 0.25) is 5.02 Å². The van der Waals surface area contributed by atoms with Crippen molar-refractivity contribution in [2.24, 2.45) is 5.73 Å². The summed E-state index contributed by atoms with van der Waals surface area (Å²) in [5, 5.41) is 13.8. The minimum absolute atomic E-state index is 0.0320. The number of nitrogens with two attached hydrogens (primary N) is 1. The van der Waals surface area contributed by atoms with Gasteiger partial charge in [0.15, 0.2) is 11.5 Å². The minimum Gasteiger partial charge on any atom is -0.480 e. The smallest absolute Gasteiger partial charge is 0.325 e. The topological polar surface area (TPSA) is 175 Å². The third-order valence-electron chi connectivity index (χ3n) is 8.56. The number of carboxylic acid groups (broad SMARTS) is 1. The molecule has 5 aromatic rings. The lowest BCUT2D eigenvalue weighted by molar-refractivity contribution is -0.137. The number of pyridine rings is 1. The van der Waals surface area contributed by atoms with Gasteiger partial charge in [0.1, 0.15) is 24.0 Å². The predicted octanol–water partition coefficient (Wildman–Crippen LogP) is 5.36. The SMILES string of the molecule is Cc1cc(C2CCC(F)(F)CC2)nc2nc([C@@H](N)Cc3cc(F)cc(F)c3)n(-c3ccc(Cl)c4c(NS(C)(=O)=O)nn(CC(=O)O)c34)c(=O)c12. The van der Waals surface area contributed by atoms with Crippen molar-refractivity contribution in [2.75, 3.05) is 11.0 Å². The molecule has 18 heteroatoms. The zero-order valence-corrected chi connectivity index (χ0v) is 28.1. The predicted molar refractivity (Wildman–Crippen MR) is 177 cm³/mol. The molecule has 3 aromatic heterocycles. The van der Waals surface area contributed by atoms with Crippen LogP contribution in [0, 0.1) is 18.6 Å². The van der Waals surface area contributed by atoms with Crippen molar-refractivity contribution in [1.29, 1.82) is 0 Å². The highest BCUT2D eigenvalue weighted by Gasteiger charge is 2.36. The van der Waals surface area contributed by atoms with Crippen LogP contribution in [0.4, 0.5) is 23.4 Å². The lowest BCUT2D eigenvalue weighted by atomic mass is 9.84. The van der Waals surface area contributed by atoms with Crippen molar-refractivity contribution in [3.63, 3.8) is 0 Å². The molecular weight excluding hydrogens is 706 g/mol. The summed E-state index contributed by atoms with van der Waals surface area (Å²) in [6.45, 7) is 0.854. The number of benzene rings is 2. The van der Waals surface area contributed by atoms with Gasteiger partial charge in [-0.05, 0) is 67.6 Å². The molecule has 1 fully saturated rings. The first-order valence-corrected chi connectivity index (χ1v) is 17.6. The minimum atomic E-state index is -3.95. The normalized spacial score (nSPS) is 15.8. The summed E-state index contributed by atoms with van der Waals surface area (Å²) < 4.78 is 84.9. The summed E-state index contributed by atoms with van der Waals surface area (Å²) in [7, 11) is -3.95. The highest BCUT2D eigenvalue weighted by molar-refractivity contribution is 7.92. The van der Waals surface area contributed by atoms with Gasteiger partial charge < -0.3 is 10.8 Å². The number of nitrogens with one attached hydrogen (secondary N) is 1.